The number of anilines is 1. The highest BCUT2D eigenvalue weighted by atomic mass is 79.9. The summed E-state index contributed by atoms with van der Waals surface area (Å²) in [7, 11) is 0. The first kappa shape index (κ1) is 17.1. The molecule has 0 aliphatic carbocycles. The van der Waals surface area contributed by atoms with Crippen molar-refractivity contribution in [2.75, 3.05) is 5.01 Å². The largest absolute Gasteiger partial charge is 0.257 e. The molecule has 126 valence electrons. The van der Waals surface area contributed by atoms with Gasteiger partial charge in [-0.05, 0) is 47.3 Å². The van der Waals surface area contributed by atoms with Crippen molar-refractivity contribution in [3.05, 3.63) is 84.9 Å². The molecule has 0 radical (unpaired) electrons. The van der Waals surface area contributed by atoms with Crippen molar-refractivity contribution in [1.29, 1.82) is 0 Å². The number of nitrogens with zero attached hydrogens (tertiary/aromatic N) is 2. The maximum Gasteiger partial charge on any atom is 0.0923 e. The van der Waals surface area contributed by atoms with Crippen LogP contribution in [0.4, 0.5) is 5.69 Å². The van der Waals surface area contributed by atoms with E-state index in [-0.39, 0.29) is 6.04 Å². The van der Waals surface area contributed by atoms with E-state index in [2.05, 4.69) is 45.6 Å². The fourth-order valence-corrected chi connectivity index (χ4v) is 4.26. The van der Waals surface area contributed by atoms with Gasteiger partial charge < -0.3 is 0 Å². The first-order chi connectivity index (χ1) is 12.1. The Hall–Kier alpha value is -1.33. The maximum atomic E-state index is 6.23. The molecule has 4 rings (SSSR count). The molecule has 6 heteroatoms. The van der Waals surface area contributed by atoms with Crippen LogP contribution >= 0.6 is 50.5 Å². The zero-order valence-electron chi connectivity index (χ0n) is 13.0. The third-order valence-electron chi connectivity index (χ3n) is 4.13. The van der Waals surface area contributed by atoms with Crippen LogP contribution in [0, 0.1) is 0 Å². The van der Waals surface area contributed by atoms with Crippen molar-refractivity contribution in [3.8, 4) is 0 Å². The summed E-state index contributed by atoms with van der Waals surface area (Å²) in [6, 6.07) is 18.3. The van der Waals surface area contributed by atoms with E-state index in [0.29, 0.717) is 10.0 Å². The molecule has 1 unspecified atom stereocenters. The van der Waals surface area contributed by atoms with Gasteiger partial charge in [0.1, 0.15) is 0 Å². The van der Waals surface area contributed by atoms with Gasteiger partial charge in [0.2, 0.25) is 0 Å². The molecule has 2 nitrogen and oxygen atoms in total. The summed E-state index contributed by atoms with van der Waals surface area (Å²) in [6.45, 7) is 0. The lowest BCUT2D eigenvalue weighted by Crippen LogP contribution is -2.17. The maximum absolute atomic E-state index is 6.23. The summed E-state index contributed by atoms with van der Waals surface area (Å²) >= 11 is 17.5. The van der Waals surface area contributed by atoms with Crippen LogP contribution in [0.1, 0.15) is 22.9 Å². The average molecular weight is 452 g/mol. The molecular weight excluding hydrogens is 439 g/mol. The molecule has 0 amide bonds. The predicted molar refractivity (Wildman–Crippen MR) is 111 cm³/mol. The molecular formula is C19H13BrCl2N2S. The smallest absolute Gasteiger partial charge is 0.0923 e. The van der Waals surface area contributed by atoms with Gasteiger partial charge in [0.25, 0.3) is 0 Å². The van der Waals surface area contributed by atoms with Crippen LogP contribution in [0.25, 0.3) is 0 Å². The van der Waals surface area contributed by atoms with Crippen molar-refractivity contribution in [1.82, 2.24) is 0 Å². The Bertz CT molecular complexity index is 923. The number of benzene rings is 2. The number of hydrogen-bond acceptors (Lipinski definition) is 3. The van der Waals surface area contributed by atoms with E-state index in [9.17, 15) is 0 Å². The molecule has 1 aromatic heterocycles. The first-order valence-electron chi connectivity index (χ1n) is 7.73. The highest BCUT2D eigenvalue weighted by Crippen LogP contribution is 2.40. The monoisotopic (exact) mass is 450 g/mol. The fourth-order valence-electron chi connectivity index (χ4n) is 2.90. The molecule has 1 atom stereocenters. The average Bonchev–Trinajstić information content (AvgIpc) is 3.27. The third-order valence-corrected chi connectivity index (χ3v) is 6.37. The van der Waals surface area contributed by atoms with Gasteiger partial charge in [0.15, 0.2) is 0 Å². The fraction of sp³-hybridized carbons (Fsp3) is 0.105. The summed E-state index contributed by atoms with van der Waals surface area (Å²) in [5.74, 6) is 0. The van der Waals surface area contributed by atoms with Crippen LogP contribution in [-0.2, 0) is 0 Å². The number of hydrazone groups is 1. The molecule has 0 saturated heterocycles. The van der Waals surface area contributed by atoms with Crippen LogP contribution < -0.4 is 5.01 Å². The topological polar surface area (TPSA) is 15.6 Å². The molecule has 1 aliphatic heterocycles. The van der Waals surface area contributed by atoms with Gasteiger partial charge in [0.05, 0.1) is 27.5 Å². The Labute approximate surface area is 168 Å². The van der Waals surface area contributed by atoms with Gasteiger partial charge in [-0.1, -0.05) is 57.3 Å². The molecule has 0 spiro atoms. The highest BCUT2D eigenvalue weighted by molar-refractivity contribution is 9.10. The van der Waals surface area contributed by atoms with Crippen molar-refractivity contribution in [2.24, 2.45) is 5.10 Å². The van der Waals surface area contributed by atoms with E-state index in [1.165, 1.54) is 4.88 Å². The highest BCUT2D eigenvalue weighted by Gasteiger charge is 2.30. The van der Waals surface area contributed by atoms with E-state index < -0.39 is 0 Å². The van der Waals surface area contributed by atoms with E-state index in [1.54, 1.807) is 11.3 Å². The van der Waals surface area contributed by atoms with E-state index in [1.807, 2.05) is 35.3 Å². The van der Waals surface area contributed by atoms with Crippen LogP contribution in [0.5, 0.6) is 0 Å². The molecule has 2 heterocycles. The van der Waals surface area contributed by atoms with Gasteiger partial charge in [-0.15, -0.1) is 11.3 Å². The number of rotatable bonds is 3. The van der Waals surface area contributed by atoms with E-state index in [0.717, 1.165) is 27.9 Å². The van der Waals surface area contributed by atoms with Gasteiger partial charge in [0, 0.05) is 15.8 Å². The minimum atomic E-state index is 0.163. The van der Waals surface area contributed by atoms with E-state index >= 15 is 0 Å². The number of thiophene rings is 1. The Morgan fingerprint density at radius 1 is 1.04 bits per heavy atom. The molecule has 2 aromatic carbocycles. The molecule has 1 aliphatic rings. The summed E-state index contributed by atoms with van der Waals surface area (Å²) in [6.07, 6.45) is 0.850. The number of hydrogen-bond donors (Lipinski definition) is 0. The molecule has 0 saturated carbocycles. The lowest BCUT2D eigenvalue weighted by Gasteiger charge is -2.23. The lowest BCUT2D eigenvalue weighted by molar-refractivity contribution is 0.722. The van der Waals surface area contributed by atoms with Gasteiger partial charge in [-0.2, -0.15) is 5.10 Å². The van der Waals surface area contributed by atoms with Gasteiger partial charge >= 0.3 is 0 Å². The zero-order valence-corrected chi connectivity index (χ0v) is 16.9. The summed E-state index contributed by atoms with van der Waals surface area (Å²) in [5, 5.41) is 10.1. The zero-order chi connectivity index (χ0) is 17.4. The normalized spacial score (nSPS) is 17.0. The van der Waals surface area contributed by atoms with Crippen molar-refractivity contribution >= 4 is 61.9 Å². The van der Waals surface area contributed by atoms with Crippen LogP contribution in [0.15, 0.2) is 69.6 Å². The van der Waals surface area contributed by atoms with Crippen LogP contribution in [0.3, 0.4) is 0 Å². The van der Waals surface area contributed by atoms with Crippen LogP contribution in [-0.4, -0.2) is 5.71 Å². The Morgan fingerprint density at radius 3 is 2.52 bits per heavy atom. The van der Waals surface area contributed by atoms with E-state index in [4.69, 9.17) is 28.3 Å². The van der Waals surface area contributed by atoms with Crippen molar-refractivity contribution < 1.29 is 0 Å². The molecule has 0 fully saturated rings. The predicted octanol–water partition coefficient (Wildman–Crippen LogP) is 7.17. The minimum absolute atomic E-state index is 0.163. The summed E-state index contributed by atoms with van der Waals surface area (Å²) in [5.41, 5.74) is 3.14. The molecule has 3 aromatic rings. The molecule has 0 N–H and O–H groups in total. The second-order valence-electron chi connectivity index (χ2n) is 5.73. The second kappa shape index (κ2) is 7.12. The Kier molecular flexibility index (Phi) is 4.87. The minimum Gasteiger partial charge on any atom is -0.257 e. The van der Waals surface area contributed by atoms with Crippen LogP contribution in [0.2, 0.25) is 10.0 Å². The first-order valence-corrected chi connectivity index (χ1v) is 10.2. The second-order valence-corrected chi connectivity index (χ2v) is 8.44. The summed E-state index contributed by atoms with van der Waals surface area (Å²) in [4.78, 5) is 1.28. The Balaban J connectivity index is 1.75. The van der Waals surface area contributed by atoms with Crippen molar-refractivity contribution in [3.63, 3.8) is 0 Å². The quantitative estimate of drug-likeness (QED) is 0.411. The standard InChI is InChI=1S/C19H13BrCl2N2S/c20-13-5-3-12(4-6-13)17-11-18(19-2-1-9-25-19)24(23-17)14-7-8-15(21)16(22)10-14/h1-10,18H,11H2. The van der Waals surface area contributed by atoms with Crippen molar-refractivity contribution in [2.45, 2.75) is 12.5 Å². The SMILES string of the molecule is Clc1ccc(N2N=C(c3ccc(Br)cc3)CC2c2cccs2)cc1Cl. The lowest BCUT2D eigenvalue weighted by atomic mass is 10.0. The molecule has 0 bridgehead atoms. The number of halogens is 3. The summed E-state index contributed by atoms with van der Waals surface area (Å²) < 4.78 is 1.06. The molecule has 25 heavy (non-hydrogen) atoms. The third kappa shape index (κ3) is 3.49. The van der Waals surface area contributed by atoms with Gasteiger partial charge in [-0.25, -0.2) is 0 Å². The Morgan fingerprint density at radius 2 is 1.84 bits per heavy atom. The van der Waals surface area contributed by atoms with Gasteiger partial charge in [-0.3, -0.25) is 5.01 Å².